The predicted molar refractivity (Wildman–Crippen MR) is 120 cm³/mol. The topological polar surface area (TPSA) is 91.9 Å². The highest BCUT2D eigenvalue weighted by Gasteiger charge is 2.29. The Hall–Kier alpha value is -3.61. The third-order valence-corrected chi connectivity index (χ3v) is 5.98. The number of hydrogen-bond acceptors (Lipinski definition) is 5. The van der Waals surface area contributed by atoms with Crippen molar-refractivity contribution in [3.8, 4) is 11.1 Å². The van der Waals surface area contributed by atoms with Crippen LogP contribution in [0.4, 0.5) is 4.79 Å². The number of aliphatic hydroxyl groups excluding tert-OH is 2. The number of carbonyl (C=O) groups excluding carboxylic acids is 1. The van der Waals surface area contributed by atoms with E-state index in [9.17, 15) is 15.0 Å². The molecule has 1 heterocycles. The highest BCUT2D eigenvalue weighted by Crippen LogP contribution is 2.44. The van der Waals surface area contributed by atoms with E-state index >= 15 is 0 Å². The van der Waals surface area contributed by atoms with Crippen LogP contribution in [-0.2, 0) is 4.74 Å². The number of alkyl carbamates (subject to hydrolysis) is 1. The summed E-state index contributed by atoms with van der Waals surface area (Å²) < 4.78 is 10.8. The fourth-order valence-corrected chi connectivity index (χ4v) is 4.34. The minimum atomic E-state index is -1.18. The molecule has 0 spiro atoms. The monoisotopic (exact) mass is 429 g/mol. The SMILES string of the molecule is O=C(NCC(O)C(O)c1ccc2occc2c1)OCC1c2ccccc2-c2ccccc21. The predicted octanol–water partition coefficient (Wildman–Crippen LogP) is 4.37. The molecule has 162 valence electrons. The van der Waals surface area contributed by atoms with Crippen LogP contribution >= 0.6 is 0 Å². The lowest BCUT2D eigenvalue weighted by molar-refractivity contribution is 0.0186. The summed E-state index contributed by atoms with van der Waals surface area (Å²) in [6.45, 7) is 0.0525. The summed E-state index contributed by atoms with van der Waals surface area (Å²) in [6, 6.07) is 23.2. The molecular weight excluding hydrogens is 406 g/mol. The van der Waals surface area contributed by atoms with Gasteiger partial charge in [0.25, 0.3) is 0 Å². The third kappa shape index (κ3) is 3.75. The fourth-order valence-electron chi connectivity index (χ4n) is 4.34. The standard InChI is InChI=1S/C26H23NO5/c28-23(25(29)17-9-10-24-16(13-17)11-12-31-24)14-27-26(30)32-15-22-20-7-3-1-5-18(20)19-6-2-4-8-21(19)22/h1-13,22-23,25,28-29H,14-15H2,(H,27,30). The third-order valence-electron chi connectivity index (χ3n) is 5.98. The van der Waals surface area contributed by atoms with E-state index in [-0.39, 0.29) is 19.1 Å². The second kappa shape index (κ2) is 8.49. The van der Waals surface area contributed by atoms with Crippen LogP contribution < -0.4 is 5.32 Å². The van der Waals surface area contributed by atoms with Gasteiger partial charge >= 0.3 is 6.09 Å². The maximum absolute atomic E-state index is 12.3. The molecule has 5 rings (SSSR count). The smallest absolute Gasteiger partial charge is 0.407 e. The van der Waals surface area contributed by atoms with Crippen molar-refractivity contribution in [1.82, 2.24) is 5.32 Å². The molecule has 0 radical (unpaired) electrons. The molecule has 1 aromatic heterocycles. The second-order valence-electron chi connectivity index (χ2n) is 7.94. The Labute approximate surface area is 185 Å². The summed E-state index contributed by atoms with van der Waals surface area (Å²) in [4.78, 5) is 12.3. The molecule has 0 fully saturated rings. The Morgan fingerprint density at radius 1 is 0.969 bits per heavy atom. The number of furan rings is 1. The van der Waals surface area contributed by atoms with E-state index < -0.39 is 18.3 Å². The molecule has 2 unspecified atom stereocenters. The summed E-state index contributed by atoms with van der Waals surface area (Å²) in [5, 5.41) is 24.2. The average Bonchev–Trinajstić information content (AvgIpc) is 3.42. The zero-order valence-corrected chi connectivity index (χ0v) is 17.3. The van der Waals surface area contributed by atoms with Gasteiger partial charge in [0.15, 0.2) is 0 Å². The van der Waals surface area contributed by atoms with Gasteiger partial charge in [0.1, 0.15) is 24.4 Å². The zero-order chi connectivity index (χ0) is 22.1. The first-order chi connectivity index (χ1) is 15.6. The van der Waals surface area contributed by atoms with Gasteiger partial charge in [0, 0.05) is 17.8 Å². The normalized spacial score (nSPS) is 14.6. The van der Waals surface area contributed by atoms with Crippen LogP contribution in [-0.4, -0.2) is 35.6 Å². The Balaban J connectivity index is 1.18. The van der Waals surface area contributed by atoms with Crippen molar-refractivity contribution < 1.29 is 24.2 Å². The van der Waals surface area contributed by atoms with Gasteiger partial charge in [0.05, 0.1) is 6.26 Å². The molecule has 1 aliphatic rings. The van der Waals surface area contributed by atoms with Gasteiger partial charge in [0.2, 0.25) is 0 Å². The molecule has 1 amide bonds. The number of amides is 1. The average molecular weight is 429 g/mol. The van der Waals surface area contributed by atoms with E-state index in [0.29, 0.717) is 11.1 Å². The van der Waals surface area contributed by atoms with Crippen molar-refractivity contribution in [2.45, 2.75) is 18.1 Å². The van der Waals surface area contributed by atoms with E-state index in [4.69, 9.17) is 9.15 Å². The molecular formula is C26H23NO5. The van der Waals surface area contributed by atoms with Crippen molar-refractivity contribution in [3.63, 3.8) is 0 Å². The van der Waals surface area contributed by atoms with E-state index in [2.05, 4.69) is 29.6 Å². The number of fused-ring (bicyclic) bond motifs is 4. The minimum Gasteiger partial charge on any atom is -0.464 e. The molecule has 32 heavy (non-hydrogen) atoms. The summed E-state index contributed by atoms with van der Waals surface area (Å²) in [5.74, 6) is -0.0367. The Morgan fingerprint density at radius 2 is 1.66 bits per heavy atom. The van der Waals surface area contributed by atoms with Gasteiger partial charge < -0.3 is 24.7 Å². The Kier molecular flexibility index (Phi) is 5.39. The summed E-state index contributed by atoms with van der Waals surface area (Å²) in [7, 11) is 0. The van der Waals surface area contributed by atoms with Crippen molar-refractivity contribution in [2.75, 3.05) is 13.2 Å². The molecule has 3 N–H and O–H groups in total. The number of hydrogen-bond donors (Lipinski definition) is 3. The van der Waals surface area contributed by atoms with Crippen LogP contribution in [0.15, 0.2) is 83.5 Å². The van der Waals surface area contributed by atoms with Gasteiger partial charge in [-0.05, 0) is 46.0 Å². The van der Waals surface area contributed by atoms with Crippen molar-refractivity contribution in [3.05, 3.63) is 95.7 Å². The van der Waals surface area contributed by atoms with E-state index in [1.807, 2.05) is 24.3 Å². The summed E-state index contributed by atoms with van der Waals surface area (Å²) in [5.41, 5.74) is 5.82. The number of benzene rings is 3. The lowest BCUT2D eigenvalue weighted by atomic mass is 9.98. The molecule has 0 saturated heterocycles. The van der Waals surface area contributed by atoms with Crippen molar-refractivity contribution >= 4 is 17.1 Å². The van der Waals surface area contributed by atoms with Gasteiger partial charge in [-0.1, -0.05) is 54.6 Å². The molecule has 3 aromatic carbocycles. The van der Waals surface area contributed by atoms with Crippen LogP contribution in [0.1, 0.15) is 28.7 Å². The highest BCUT2D eigenvalue weighted by molar-refractivity contribution is 5.79. The van der Waals surface area contributed by atoms with Crippen LogP contribution in [0.3, 0.4) is 0 Å². The van der Waals surface area contributed by atoms with E-state index in [1.54, 1.807) is 30.5 Å². The lowest BCUT2D eigenvalue weighted by Gasteiger charge is -2.19. The largest absolute Gasteiger partial charge is 0.464 e. The first kappa shape index (κ1) is 20.3. The van der Waals surface area contributed by atoms with Crippen LogP contribution in [0, 0.1) is 0 Å². The number of ether oxygens (including phenoxy) is 1. The van der Waals surface area contributed by atoms with Gasteiger partial charge in [-0.2, -0.15) is 0 Å². The number of rotatable bonds is 6. The fraction of sp³-hybridized carbons (Fsp3) is 0.192. The van der Waals surface area contributed by atoms with Crippen LogP contribution in [0.2, 0.25) is 0 Å². The van der Waals surface area contributed by atoms with Crippen molar-refractivity contribution in [1.29, 1.82) is 0 Å². The Morgan fingerprint density at radius 3 is 2.38 bits per heavy atom. The number of carbonyl (C=O) groups is 1. The first-order valence-electron chi connectivity index (χ1n) is 10.5. The minimum absolute atomic E-state index is 0.0367. The van der Waals surface area contributed by atoms with Crippen molar-refractivity contribution in [2.24, 2.45) is 0 Å². The molecule has 2 atom stereocenters. The molecule has 0 bridgehead atoms. The van der Waals surface area contributed by atoms with Gasteiger partial charge in [-0.3, -0.25) is 0 Å². The van der Waals surface area contributed by atoms with Crippen LogP contribution in [0.5, 0.6) is 0 Å². The maximum atomic E-state index is 12.3. The molecule has 0 saturated carbocycles. The van der Waals surface area contributed by atoms with Gasteiger partial charge in [-0.15, -0.1) is 0 Å². The quantitative estimate of drug-likeness (QED) is 0.423. The maximum Gasteiger partial charge on any atom is 0.407 e. The summed E-state index contributed by atoms with van der Waals surface area (Å²) >= 11 is 0. The molecule has 6 nitrogen and oxygen atoms in total. The van der Waals surface area contributed by atoms with Gasteiger partial charge in [-0.25, -0.2) is 4.79 Å². The second-order valence-corrected chi connectivity index (χ2v) is 7.94. The number of nitrogens with one attached hydrogen (secondary N) is 1. The van der Waals surface area contributed by atoms with Crippen LogP contribution in [0.25, 0.3) is 22.1 Å². The van der Waals surface area contributed by atoms with E-state index in [1.165, 1.54) is 0 Å². The zero-order valence-electron chi connectivity index (χ0n) is 17.3. The van der Waals surface area contributed by atoms with E-state index in [0.717, 1.165) is 27.6 Å². The highest BCUT2D eigenvalue weighted by atomic mass is 16.5. The first-order valence-corrected chi connectivity index (χ1v) is 10.5. The Bertz CT molecular complexity index is 1220. The molecule has 0 aliphatic heterocycles. The molecule has 6 heteroatoms. The molecule has 4 aromatic rings. The summed E-state index contributed by atoms with van der Waals surface area (Å²) in [6.07, 6.45) is -1.40. The number of aliphatic hydroxyl groups is 2. The molecule has 1 aliphatic carbocycles. The lowest BCUT2D eigenvalue weighted by Crippen LogP contribution is -2.36.